The van der Waals surface area contributed by atoms with E-state index in [1.54, 1.807) is 12.3 Å². The highest BCUT2D eigenvalue weighted by Gasteiger charge is 2.25. The molecule has 1 amide bonds. The Morgan fingerprint density at radius 1 is 1.48 bits per heavy atom. The first kappa shape index (κ1) is 13.8. The van der Waals surface area contributed by atoms with Gasteiger partial charge in [0, 0.05) is 25.0 Å². The molecule has 21 heavy (non-hydrogen) atoms. The zero-order valence-corrected chi connectivity index (χ0v) is 12.2. The molecule has 2 aromatic heterocycles. The van der Waals surface area contributed by atoms with E-state index in [-0.39, 0.29) is 5.91 Å². The van der Waals surface area contributed by atoms with Crippen LogP contribution in [0.25, 0.3) is 0 Å². The number of aryl methyl sites for hydroxylation is 1. The Balaban J connectivity index is 1.66. The summed E-state index contributed by atoms with van der Waals surface area (Å²) >= 11 is 0. The van der Waals surface area contributed by atoms with Crippen molar-refractivity contribution in [2.45, 2.75) is 26.2 Å². The molecule has 0 aliphatic carbocycles. The fraction of sp³-hybridized carbons (Fsp3) is 0.438. The maximum absolute atomic E-state index is 12.5. The minimum Gasteiger partial charge on any atom is -0.337 e. The molecule has 0 saturated carbocycles. The van der Waals surface area contributed by atoms with Gasteiger partial charge in [-0.25, -0.2) is 0 Å². The van der Waals surface area contributed by atoms with Crippen LogP contribution in [0, 0.1) is 12.8 Å². The number of nitrogens with zero attached hydrogens (tertiary/aromatic N) is 3. The summed E-state index contributed by atoms with van der Waals surface area (Å²) in [6.45, 7) is 3.69. The number of rotatable bonds is 3. The third kappa shape index (κ3) is 3.12. The second kappa shape index (κ2) is 6.08. The molecule has 3 heterocycles. The number of nitrogens with one attached hydrogen (secondary N) is 1. The standard InChI is InChI=1S/C16H20N4O/c1-12-10-18-19-15(12)9-13-5-4-8-20(11-13)16(21)14-6-2-3-7-17-14/h2-3,6-7,10,13H,4-5,8-9,11H2,1H3,(H,18,19)/t13-/m1/s1. The van der Waals surface area contributed by atoms with Crippen molar-refractivity contribution in [1.29, 1.82) is 0 Å². The average Bonchev–Trinajstić information content (AvgIpc) is 2.93. The zero-order valence-electron chi connectivity index (χ0n) is 12.2. The van der Waals surface area contributed by atoms with Gasteiger partial charge in [-0.3, -0.25) is 14.9 Å². The van der Waals surface area contributed by atoms with Crippen molar-refractivity contribution in [3.05, 3.63) is 47.5 Å². The van der Waals surface area contributed by atoms with Crippen LogP contribution in [0.2, 0.25) is 0 Å². The number of carbonyl (C=O) groups excluding carboxylic acids is 1. The van der Waals surface area contributed by atoms with E-state index in [2.05, 4.69) is 22.1 Å². The van der Waals surface area contributed by atoms with Gasteiger partial charge in [-0.15, -0.1) is 0 Å². The molecule has 1 fully saturated rings. The van der Waals surface area contributed by atoms with Crippen LogP contribution in [0.1, 0.15) is 34.6 Å². The minimum absolute atomic E-state index is 0.0432. The van der Waals surface area contributed by atoms with Crippen molar-refractivity contribution in [1.82, 2.24) is 20.1 Å². The molecule has 3 rings (SSSR count). The summed E-state index contributed by atoms with van der Waals surface area (Å²) < 4.78 is 0. The first-order chi connectivity index (χ1) is 10.2. The number of pyridine rings is 1. The van der Waals surface area contributed by atoms with Crippen molar-refractivity contribution in [3.63, 3.8) is 0 Å². The topological polar surface area (TPSA) is 61.9 Å². The smallest absolute Gasteiger partial charge is 0.272 e. The molecular formula is C16H20N4O. The third-order valence-corrected chi connectivity index (χ3v) is 4.12. The number of piperidine rings is 1. The van der Waals surface area contributed by atoms with E-state index in [1.807, 2.05) is 23.2 Å². The highest BCUT2D eigenvalue weighted by molar-refractivity contribution is 5.92. The van der Waals surface area contributed by atoms with Crippen molar-refractivity contribution in [3.8, 4) is 0 Å². The minimum atomic E-state index is 0.0432. The zero-order chi connectivity index (χ0) is 14.7. The molecule has 1 N–H and O–H groups in total. The highest BCUT2D eigenvalue weighted by atomic mass is 16.2. The first-order valence-electron chi connectivity index (χ1n) is 7.43. The molecular weight excluding hydrogens is 264 g/mol. The van der Waals surface area contributed by atoms with Crippen LogP contribution in [-0.4, -0.2) is 39.1 Å². The average molecular weight is 284 g/mol. The molecule has 2 aromatic rings. The molecule has 1 aliphatic heterocycles. The molecule has 1 aliphatic rings. The van der Waals surface area contributed by atoms with Gasteiger partial charge in [0.2, 0.25) is 0 Å². The Morgan fingerprint density at radius 2 is 2.38 bits per heavy atom. The van der Waals surface area contributed by atoms with Gasteiger partial charge in [-0.05, 0) is 49.8 Å². The number of aromatic nitrogens is 3. The van der Waals surface area contributed by atoms with Gasteiger partial charge in [0.05, 0.1) is 6.20 Å². The molecule has 0 bridgehead atoms. The van der Waals surface area contributed by atoms with Gasteiger partial charge in [-0.1, -0.05) is 6.07 Å². The summed E-state index contributed by atoms with van der Waals surface area (Å²) in [5, 5.41) is 7.14. The number of carbonyl (C=O) groups is 1. The Hall–Kier alpha value is -2.17. The summed E-state index contributed by atoms with van der Waals surface area (Å²) in [6, 6.07) is 5.47. The largest absolute Gasteiger partial charge is 0.337 e. The molecule has 1 saturated heterocycles. The molecule has 110 valence electrons. The normalized spacial score (nSPS) is 18.7. The molecule has 1 atom stereocenters. The van der Waals surface area contributed by atoms with Gasteiger partial charge < -0.3 is 4.90 Å². The van der Waals surface area contributed by atoms with Crippen LogP contribution >= 0.6 is 0 Å². The van der Waals surface area contributed by atoms with Crippen molar-refractivity contribution >= 4 is 5.91 Å². The highest BCUT2D eigenvalue weighted by Crippen LogP contribution is 2.22. The number of aromatic amines is 1. The van der Waals surface area contributed by atoms with Crippen LogP contribution in [-0.2, 0) is 6.42 Å². The number of hydrogen-bond donors (Lipinski definition) is 1. The SMILES string of the molecule is Cc1cn[nH]c1C[C@H]1CCCN(C(=O)c2ccccn2)C1. The van der Waals surface area contributed by atoms with E-state index in [4.69, 9.17) is 0 Å². The predicted octanol–water partition coefficient (Wildman–Crippen LogP) is 2.21. The van der Waals surface area contributed by atoms with Gasteiger partial charge in [0.25, 0.3) is 5.91 Å². The van der Waals surface area contributed by atoms with E-state index in [0.717, 1.165) is 32.4 Å². The fourth-order valence-corrected chi connectivity index (χ4v) is 2.94. The van der Waals surface area contributed by atoms with Crippen molar-refractivity contribution in [2.24, 2.45) is 5.92 Å². The lowest BCUT2D eigenvalue weighted by molar-refractivity contribution is 0.0667. The predicted molar refractivity (Wildman–Crippen MR) is 79.9 cm³/mol. The van der Waals surface area contributed by atoms with Crippen molar-refractivity contribution < 1.29 is 4.79 Å². The summed E-state index contributed by atoms with van der Waals surface area (Å²) in [7, 11) is 0. The Labute approximate surface area is 124 Å². The van der Waals surface area contributed by atoms with Gasteiger partial charge in [-0.2, -0.15) is 5.10 Å². The van der Waals surface area contributed by atoms with Crippen LogP contribution in [0.4, 0.5) is 0 Å². The summed E-state index contributed by atoms with van der Waals surface area (Å²) in [4.78, 5) is 18.6. The maximum atomic E-state index is 12.5. The van der Waals surface area contributed by atoms with E-state index < -0.39 is 0 Å². The lowest BCUT2D eigenvalue weighted by Crippen LogP contribution is -2.40. The lowest BCUT2D eigenvalue weighted by Gasteiger charge is -2.32. The van der Waals surface area contributed by atoms with Crippen LogP contribution in [0.15, 0.2) is 30.6 Å². The lowest BCUT2D eigenvalue weighted by atomic mass is 9.92. The number of H-pyrrole nitrogens is 1. The van der Waals surface area contributed by atoms with Crippen LogP contribution in [0.3, 0.4) is 0 Å². The molecule has 5 nitrogen and oxygen atoms in total. The maximum Gasteiger partial charge on any atom is 0.272 e. The Bertz CT molecular complexity index is 608. The summed E-state index contributed by atoms with van der Waals surface area (Å²) in [5.41, 5.74) is 2.92. The Morgan fingerprint density at radius 3 is 3.10 bits per heavy atom. The molecule has 0 radical (unpaired) electrons. The van der Waals surface area contributed by atoms with E-state index in [1.165, 1.54) is 11.3 Å². The second-order valence-electron chi connectivity index (χ2n) is 5.71. The second-order valence-corrected chi connectivity index (χ2v) is 5.71. The summed E-state index contributed by atoms with van der Waals surface area (Å²) in [6.07, 6.45) is 6.69. The summed E-state index contributed by atoms with van der Waals surface area (Å²) in [5.74, 6) is 0.534. The van der Waals surface area contributed by atoms with E-state index in [0.29, 0.717) is 11.6 Å². The molecule has 5 heteroatoms. The van der Waals surface area contributed by atoms with E-state index in [9.17, 15) is 4.79 Å². The number of amides is 1. The van der Waals surface area contributed by atoms with Crippen LogP contribution in [0.5, 0.6) is 0 Å². The number of hydrogen-bond acceptors (Lipinski definition) is 3. The van der Waals surface area contributed by atoms with Crippen molar-refractivity contribution in [2.75, 3.05) is 13.1 Å². The third-order valence-electron chi connectivity index (χ3n) is 4.12. The Kier molecular flexibility index (Phi) is 3.99. The van der Waals surface area contributed by atoms with Gasteiger partial charge >= 0.3 is 0 Å². The molecule has 0 aromatic carbocycles. The number of likely N-dealkylation sites (tertiary alicyclic amines) is 1. The van der Waals surface area contributed by atoms with Gasteiger partial charge in [0.1, 0.15) is 5.69 Å². The van der Waals surface area contributed by atoms with E-state index >= 15 is 0 Å². The molecule has 0 unspecified atom stereocenters. The monoisotopic (exact) mass is 284 g/mol. The molecule has 0 spiro atoms. The first-order valence-corrected chi connectivity index (χ1v) is 7.43. The van der Waals surface area contributed by atoms with Gasteiger partial charge in [0.15, 0.2) is 0 Å². The van der Waals surface area contributed by atoms with Crippen LogP contribution < -0.4 is 0 Å². The fourth-order valence-electron chi connectivity index (χ4n) is 2.94. The quantitative estimate of drug-likeness (QED) is 0.940.